The van der Waals surface area contributed by atoms with E-state index in [1.807, 2.05) is 0 Å². The van der Waals surface area contributed by atoms with Gasteiger partial charge >= 0.3 is 6.18 Å². The van der Waals surface area contributed by atoms with Crippen LogP contribution in [0, 0.1) is 5.82 Å². The lowest BCUT2D eigenvalue weighted by molar-refractivity contribution is -0.140. The van der Waals surface area contributed by atoms with Crippen LogP contribution in [0.5, 0.6) is 0 Å². The number of nitrogens with zero attached hydrogens (tertiary/aromatic N) is 4. The van der Waals surface area contributed by atoms with Crippen LogP contribution in [0.4, 0.5) is 23.2 Å². The highest BCUT2D eigenvalue weighted by atomic mass is 19.4. The van der Waals surface area contributed by atoms with E-state index in [-0.39, 0.29) is 16.7 Å². The van der Waals surface area contributed by atoms with Gasteiger partial charge in [-0.1, -0.05) is 18.6 Å². The van der Waals surface area contributed by atoms with Crippen molar-refractivity contribution in [3.05, 3.63) is 59.3 Å². The van der Waals surface area contributed by atoms with Crippen LogP contribution in [-0.4, -0.2) is 45.7 Å². The number of rotatable bonds is 4. The van der Waals surface area contributed by atoms with Crippen LogP contribution in [-0.2, 0) is 6.18 Å². The molecule has 2 aromatic heterocycles. The third kappa shape index (κ3) is 4.63. The molecule has 2 aliphatic rings. The lowest BCUT2D eigenvalue weighted by Crippen LogP contribution is -2.55. The molecule has 1 aromatic carbocycles. The maximum atomic E-state index is 14.6. The maximum Gasteiger partial charge on any atom is 0.419 e. The van der Waals surface area contributed by atoms with Gasteiger partial charge in [0.05, 0.1) is 22.9 Å². The van der Waals surface area contributed by atoms with E-state index < -0.39 is 29.5 Å². The molecular weight excluding hydrogens is 476 g/mol. The summed E-state index contributed by atoms with van der Waals surface area (Å²) >= 11 is 0. The van der Waals surface area contributed by atoms with Crippen molar-refractivity contribution in [3.8, 4) is 0 Å². The number of aromatic nitrogens is 3. The van der Waals surface area contributed by atoms with Crippen LogP contribution in [0.2, 0.25) is 0 Å². The first kappa shape index (κ1) is 24.5. The Labute approximate surface area is 205 Å². The summed E-state index contributed by atoms with van der Waals surface area (Å²) in [5.41, 5.74) is 0.223. The van der Waals surface area contributed by atoms with Crippen molar-refractivity contribution in [1.82, 2.24) is 25.2 Å². The summed E-state index contributed by atoms with van der Waals surface area (Å²) in [7, 11) is 0. The van der Waals surface area contributed by atoms with Gasteiger partial charge in [0, 0.05) is 30.4 Å². The largest absolute Gasteiger partial charge is 0.419 e. The quantitative estimate of drug-likeness (QED) is 0.513. The number of piperidine rings is 2. The molecule has 0 radical (unpaired) electrons. The Balaban J connectivity index is 1.37. The van der Waals surface area contributed by atoms with Crippen molar-refractivity contribution >= 4 is 17.2 Å². The van der Waals surface area contributed by atoms with Gasteiger partial charge < -0.3 is 15.5 Å². The Morgan fingerprint density at radius 3 is 2.67 bits per heavy atom. The number of hydrogen-bond donors (Lipinski definition) is 2. The van der Waals surface area contributed by atoms with Crippen molar-refractivity contribution in [2.45, 2.75) is 56.8 Å². The molecule has 1 atom stereocenters. The summed E-state index contributed by atoms with van der Waals surface area (Å²) in [4.78, 5) is 19.7. The summed E-state index contributed by atoms with van der Waals surface area (Å²) in [5, 5.41) is 10.5. The van der Waals surface area contributed by atoms with Gasteiger partial charge in [-0.05, 0) is 51.3 Å². The zero-order valence-corrected chi connectivity index (χ0v) is 19.9. The molecule has 2 fully saturated rings. The minimum Gasteiger partial charge on any atom is -0.368 e. The molecule has 1 amide bonds. The first-order chi connectivity index (χ1) is 17.2. The van der Waals surface area contributed by atoms with Crippen LogP contribution >= 0.6 is 0 Å². The average Bonchev–Trinajstić information content (AvgIpc) is 3.33. The van der Waals surface area contributed by atoms with Gasteiger partial charge in [-0.3, -0.25) is 4.79 Å². The number of nitrogens with one attached hydrogen (secondary N) is 2. The second-order valence-corrected chi connectivity index (χ2v) is 9.70. The number of carbonyl (C=O) groups excluding carboxylic acids is 1. The number of benzene rings is 1. The Morgan fingerprint density at radius 2 is 1.97 bits per heavy atom. The predicted molar refractivity (Wildman–Crippen MR) is 126 cm³/mol. The van der Waals surface area contributed by atoms with Gasteiger partial charge in [-0.2, -0.15) is 18.3 Å². The second-order valence-electron chi connectivity index (χ2n) is 9.70. The van der Waals surface area contributed by atoms with Crippen LogP contribution in [0.1, 0.15) is 66.6 Å². The van der Waals surface area contributed by atoms with Crippen molar-refractivity contribution in [2.24, 2.45) is 0 Å². The highest BCUT2D eigenvalue weighted by molar-refractivity contribution is 5.96. The average molecular weight is 505 g/mol. The highest BCUT2D eigenvalue weighted by Crippen LogP contribution is 2.35. The molecule has 0 bridgehead atoms. The van der Waals surface area contributed by atoms with Gasteiger partial charge in [0.1, 0.15) is 12.1 Å². The standard InChI is InChI=1S/C25H28F4N6O/c1-16(18-5-4-6-19(21(18)26)25(27,28)29)33-23(36)17-13-20(22-30-15-32-35(22)14-17)34-11-8-24(9-12-34)7-2-3-10-31-24/h4-6,13-16,31H,2-3,7-12H2,1H3,(H,33,36)/t16-/m1/s1. The van der Waals surface area contributed by atoms with Gasteiger partial charge in [0.2, 0.25) is 0 Å². The number of hydrogen-bond acceptors (Lipinski definition) is 5. The topological polar surface area (TPSA) is 74.6 Å². The molecule has 0 aliphatic carbocycles. The maximum absolute atomic E-state index is 14.6. The molecule has 36 heavy (non-hydrogen) atoms. The second kappa shape index (κ2) is 9.34. The van der Waals surface area contributed by atoms with Crippen LogP contribution in [0.3, 0.4) is 0 Å². The molecule has 4 heterocycles. The highest BCUT2D eigenvalue weighted by Gasteiger charge is 2.37. The normalized spacial score (nSPS) is 19.0. The minimum absolute atomic E-state index is 0.165. The fourth-order valence-corrected chi connectivity index (χ4v) is 5.36. The molecule has 5 rings (SSSR count). The van der Waals surface area contributed by atoms with Gasteiger partial charge in [0.15, 0.2) is 5.65 Å². The Kier molecular flexibility index (Phi) is 6.36. The molecule has 11 heteroatoms. The molecule has 2 saturated heterocycles. The minimum atomic E-state index is -4.82. The third-order valence-corrected chi connectivity index (χ3v) is 7.41. The summed E-state index contributed by atoms with van der Waals surface area (Å²) in [5.74, 6) is -1.93. The lowest BCUT2D eigenvalue weighted by atomic mass is 9.80. The van der Waals surface area contributed by atoms with Gasteiger partial charge in [-0.15, -0.1) is 0 Å². The van der Waals surface area contributed by atoms with Crippen LogP contribution in [0.25, 0.3) is 5.65 Å². The van der Waals surface area contributed by atoms with E-state index in [1.165, 1.54) is 42.9 Å². The fraction of sp³-hybridized carbons (Fsp3) is 0.480. The van der Waals surface area contributed by atoms with Gasteiger partial charge in [-0.25, -0.2) is 13.9 Å². The zero-order chi connectivity index (χ0) is 25.5. The molecule has 0 saturated carbocycles. The monoisotopic (exact) mass is 504 g/mol. The first-order valence-electron chi connectivity index (χ1n) is 12.2. The van der Waals surface area contributed by atoms with Crippen LogP contribution < -0.4 is 15.5 Å². The Hall–Kier alpha value is -3.21. The van der Waals surface area contributed by atoms with E-state index in [4.69, 9.17) is 0 Å². The van der Waals surface area contributed by atoms with Crippen molar-refractivity contribution in [1.29, 1.82) is 0 Å². The third-order valence-electron chi connectivity index (χ3n) is 7.41. The van der Waals surface area contributed by atoms with Crippen molar-refractivity contribution in [3.63, 3.8) is 0 Å². The SMILES string of the molecule is C[C@@H](NC(=O)c1cc(N2CCC3(CCCCN3)CC2)c2ncnn2c1)c1cccc(C(F)(F)F)c1F. The van der Waals surface area contributed by atoms with E-state index in [0.29, 0.717) is 11.7 Å². The summed E-state index contributed by atoms with van der Waals surface area (Å²) in [6.45, 7) is 4.08. The number of anilines is 1. The molecular formula is C25H28F4N6O. The fourth-order valence-electron chi connectivity index (χ4n) is 5.36. The smallest absolute Gasteiger partial charge is 0.368 e. The van der Waals surface area contributed by atoms with E-state index in [0.717, 1.165) is 50.7 Å². The molecule has 3 aromatic rings. The summed E-state index contributed by atoms with van der Waals surface area (Å²) in [6, 6.07) is 3.80. The number of carbonyl (C=O) groups is 1. The predicted octanol–water partition coefficient (Wildman–Crippen LogP) is 4.49. The Bertz CT molecular complexity index is 1260. The number of amides is 1. The van der Waals surface area contributed by atoms with E-state index >= 15 is 0 Å². The molecule has 7 nitrogen and oxygen atoms in total. The van der Waals surface area contributed by atoms with Crippen molar-refractivity contribution < 1.29 is 22.4 Å². The number of fused-ring (bicyclic) bond motifs is 1. The number of alkyl halides is 3. The zero-order valence-electron chi connectivity index (χ0n) is 19.9. The molecule has 1 spiro atoms. The Morgan fingerprint density at radius 1 is 1.19 bits per heavy atom. The van der Waals surface area contributed by atoms with Gasteiger partial charge in [0.25, 0.3) is 5.91 Å². The molecule has 2 N–H and O–H groups in total. The summed E-state index contributed by atoms with van der Waals surface area (Å²) in [6.07, 6.45) is 3.66. The molecule has 2 aliphatic heterocycles. The molecule has 0 unspecified atom stereocenters. The summed E-state index contributed by atoms with van der Waals surface area (Å²) < 4.78 is 55.5. The molecule has 192 valence electrons. The first-order valence-corrected chi connectivity index (χ1v) is 12.2. The lowest BCUT2D eigenvalue weighted by Gasteiger charge is -2.45. The van der Waals surface area contributed by atoms with E-state index in [1.54, 1.807) is 6.07 Å². The van der Waals surface area contributed by atoms with Crippen LogP contribution in [0.15, 0.2) is 36.8 Å². The van der Waals surface area contributed by atoms with E-state index in [2.05, 4.69) is 25.6 Å². The van der Waals surface area contributed by atoms with E-state index in [9.17, 15) is 22.4 Å². The number of halogens is 4. The van der Waals surface area contributed by atoms with Crippen molar-refractivity contribution in [2.75, 3.05) is 24.5 Å². The number of pyridine rings is 1.